The van der Waals surface area contributed by atoms with E-state index in [9.17, 15) is 4.39 Å². The van der Waals surface area contributed by atoms with Gasteiger partial charge in [0.2, 0.25) is 0 Å². The van der Waals surface area contributed by atoms with Gasteiger partial charge >= 0.3 is 0 Å². The van der Waals surface area contributed by atoms with E-state index in [-0.39, 0.29) is 10.6 Å². The fourth-order valence-corrected chi connectivity index (χ4v) is 3.30. The summed E-state index contributed by atoms with van der Waals surface area (Å²) >= 11 is 6.99. The zero-order valence-corrected chi connectivity index (χ0v) is 15.1. The zero-order valence-electron chi connectivity index (χ0n) is 11.9. The molecule has 112 valence electrons. The van der Waals surface area contributed by atoms with Crippen LogP contribution in [-0.4, -0.2) is 14.2 Å². The van der Waals surface area contributed by atoms with Gasteiger partial charge in [0.25, 0.3) is 0 Å². The van der Waals surface area contributed by atoms with Crippen LogP contribution in [0, 0.1) is 12.7 Å². The van der Waals surface area contributed by atoms with Crippen molar-refractivity contribution >= 4 is 31.9 Å². The molecule has 0 radical (unpaired) electrons. The largest absolute Gasteiger partial charge is 0.496 e. The van der Waals surface area contributed by atoms with Gasteiger partial charge in [0, 0.05) is 11.1 Å². The molecule has 0 aliphatic carbocycles. The zero-order chi connectivity index (χ0) is 15.6. The quantitative estimate of drug-likeness (QED) is 0.620. The topological polar surface area (TPSA) is 18.5 Å². The minimum absolute atomic E-state index is 0.258. The molecule has 21 heavy (non-hydrogen) atoms. The highest BCUT2D eigenvalue weighted by Gasteiger charge is 2.21. The van der Waals surface area contributed by atoms with Gasteiger partial charge in [0.1, 0.15) is 17.3 Å². The summed E-state index contributed by atoms with van der Waals surface area (Å²) in [5, 5.41) is 0. The Kier molecular flexibility index (Phi) is 5.27. The summed E-state index contributed by atoms with van der Waals surface area (Å²) in [7, 11) is 3.18. The predicted octanol–water partition coefficient (Wildman–Crippen LogP) is 5.40. The Morgan fingerprint density at radius 2 is 1.67 bits per heavy atom. The van der Waals surface area contributed by atoms with Crippen LogP contribution in [-0.2, 0) is 0 Å². The second kappa shape index (κ2) is 6.79. The molecule has 0 spiro atoms. The standard InChI is InChI=1S/C16H15Br2FO2/c1-9-4-5-13(19)10(6-9)16(18)11-7-15(21-3)12(17)8-14(11)20-2/h4-8,16H,1-3H3. The van der Waals surface area contributed by atoms with Crippen LogP contribution in [0.5, 0.6) is 11.5 Å². The third kappa shape index (κ3) is 3.40. The number of hydrogen-bond acceptors (Lipinski definition) is 2. The van der Waals surface area contributed by atoms with E-state index < -0.39 is 0 Å². The molecule has 2 nitrogen and oxygen atoms in total. The van der Waals surface area contributed by atoms with Gasteiger partial charge in [-0.2, -0.15) is 0 Å². The van der Waals surface area contributed by atoms with E-state index in [0.29, 0.717) is 17.1 Å². The van der Waals surface area contributed by atoms with Crippen molar-refractivity contribution in [3.63, 3.8) is 0 Å². The molecule has 1 unspecified atom stereocenters. The van der Waals surface area contributed by atoms with Crippen LogP contribution in [0.25, 0.3) is 0 Å². The maximum Gasteiger partial charge on any atom is 0.133 e. The number of halogens is 3. The molecule has 0 amide bonds. The van der Waals surface area contributed by atoms with E-state index >= 15 is 0 Å². The SMILES string of the molecule is COc1cc(C(Br)c2cc(C)ccc2F)c(OC)cc1Br. The lowest BCUT2D eigenvalue weighted by molar-refractivity contribution is 0.397. The molecule has 0 saturated heterocycles. The Balaban J connectivity index is 2.56. The minimum atomic E-state index is -0.325. The molecule has 0 aliphatic rings. The van der Waals surface area contributed by atoms with Crippen molar-refractivity contribution in [3.8, 4) is 11.5 Å². The van der Waals surface area contributed by atoms with E-state index in [0.717, 1.165) is 15.6 Å². The number of rotatable bonds is 4. The van der Waals surface area contributed by atoms with Crippen molar-refractivity contribution in [2.24, 2.45) is 0 Å². The Labute approximate surface area is 140 Å². The Bertz CT molecular complexity index is 659. The third-order valence-electron chi connectivity index (χ3n) is 3.20. The van der Waals surface area contributed by atoms with Gasteiger partial charge in [0.05, 0.1) is 23.5 Å². The first-order chi connectivity index (χ1) is 9.97. The summed E-state index contributed by atoms with van der Waals surface area (Å²) in [5.74, 6) is 1.07. The van der Waals surface area contributed by atoms with Gasteiger partial charge in [-0.15, -0.1) is 0 Å². The van der Waals surface area contributed by atoms with Crippen molar-refractivity contribution in [1.29, 1.82) is 0 Å². The number of aryl methyl sites for hydroxylation is 1. The molecule has 5 heteroatoms. The Morgan fingerprint density at radius 1 is 1.00 bits per heavy atom. The summed E-state index contributed by atoms with van der Waals surface area (Å²) in [6.07, 6.45) is 0. The van der Waals surface area contributed by atoms with Gasteiger partial charge in [0.15, 0.2) is 0 Å². The van der Waals surface area contributed by atoms with Gasteiger partial charge in [-0.25, -0.2) is 4.39 Å². The number of benzene rings is 2. The van der Waals surface area contributed by atoms with Crippen LogP contribution in [0.4, 0.5) is 4.39 Å². The summed E-state index contributed by atoms with van der Waals surface area (Å²) in [5.41, 5.74) is 2.37. The summed E-state index contributed by atoms with van der Waals surface area (Å²) in [6.45, 7) is 1.93. The van der Waals surface area contributed by atoms with Crippen molar-refractivity contribution in [1.82, 2.24) is 0 Å². The highest BCUT2D eigenvalue weighted by Crippen LogP contribution is 2.42. The maximum absolute atomic E-state index is 14.1. The van der Waals surface area contributed by atoms with Crippen LogP contribution in [0.3, 0.4) is 0 Å². The first-order valence-corrected chi connectivity index (χ1v) is 8.00. The van der Waals surface area contributed by atoms with E-state index in [1.807, 2.05) is 25.1 Å². The molecule has 0 saturated carbocycles. The molecular weight excluding hydrogens is 403 g/mol. The van der Waals surface area contributed by atoms with Crippen LogP contribution < -0.4 is 9.47 Å². The molecule has 0 N–H and O–H groups in total. The summed E-state index contributed by atoms with van der Waals surface area (Å²) < 4.78 is 25.6. The second-order valence-electron chi connectivity index (χ2n) is 4.62. The van der Waals surface area contributed by atoms with E-state index in [4.69, 9.17) is 9.47 Å². The first-order valence-electron chi connectivity index (χ1n) is 6.29. The van der Waals surface area contributed by atoms with Gasteiger partial charge in [-0.05, 0) is 41.1 Å². The minimum Gasteiger partial charge on any atom is -0.496 e. The average Bonchev–Trinajstić information content (AvgIpc) is 2.48. The van der Waals surface area contributed by atoms with Gasteiger partial charge < -0.3 is 9.47 Å². The van der Waals surface area contributed by atoms with E-state index in [1.54, 1.807) is 20.3 Å². The predicted molar refractivity (Wildman–Crippen MR) is 89.2 cm³/mol. The second-order valence-corrected chi connectivity index (χ2v) is 6.39. The third-order valence-corrected chi connectivity index (χ3v) is 4.81. The van der Waals surface area contributed by atoms with Crippen LogP contribution in [0.2, 0.25) is 0 Å². The van der Waals surface area contributed by atoms with Crippen molar-refractivity contribution < 1.29 is 13.9 Å². The smallest absolute Gasteiger partial charge is 0.133 e. The average molecular weight is 418 g/mol. The summed E-state index contributed by atoms with van der Waals surface area (Å²) in [6, 6.07) is 8.70. The van der Waals surface area contributed by atoms with Crippen molar-refractivity contribution in [2.75, 3.05) is 14.2 Å². The lowest BCUT2D eigenvalue weighted by Crippen LogP contribution is -2.01. The Morgan fingerprint density at radius 3 is 2.29 bits per heavy atom. The molecule has 1 atom stereocenters. The van der Waals surface area contributed by atoms with E-state index in [2.05, 4.69) is 31.9 Å². The molecule has 0 fully saturated rings. The molecule has 2 aromatic carbocycles. The van der Waals surface area contributed by atoms with Crippen LogP contribution in [0.15, 0.2) is 34.8 Å². The Hall–Kier alpha value is -1.07. The number of alkyl halides is 1. The highest BCUT2D eigenvalue weighted by atomic mass is 79.9. The van der Waals surface area contributed by atoms with Gasteiger partial charge in [-0.1, -0.05) is 33.6 Å². The van der Waals surface area contributed by atoms with Crippen LogP contribution in [0.1, 0.15) is 21.5 Å². The molecule has 2 aromatic rings. The molecular formula is C16H15Br2FO2. The molecule has 0 heterocycles. The maximum atomic E-state index is 14.1. The van der Waals surface area contributed by atoms with E-state index in [1.165, 1.54) is 6.07 Å². The fraction of sp³-hybridized carbons (Fsp3) is 0.250. The first kappa shape index (κ1) is 16.3. The lowest BCUT2D eigenvalue weighted by atomic mass is 10.0. The van der Waals surface area contributed by atoms with Crippen molar-refractivity contribution in [3.05, 3.63) is 57.3 Å². The lowest BCUT2D eigenvalue weighted by Gasteiger charge is -2.18. The highest BCUT2D eigenvalue weighted by molar-refractivity contribution is 9.10. The molecule has 2 rings (SSSR count). The van der Waals surface area contributed by atoms with Crippen LogP contribution >= 0.6 is 31.9 Å². The summed E-state index contributed by atoms with van der Waals surface area (Å²) in [4.78, 5) is -0.325. The number of methoxy groups -OCH3 is 2. The van der Waals surface area contributed by atoms with Gasteiger partial charge in [-0.3, -0.25) is 0 Å². The van der Waals surface area contributed by atoms with Crippen molar-refractivity contribution in [2.45, 2.75) is 11.8 Å². The monoisotopic (exact) mass is 416 g/mol. The molecule has 0 bridgehead atoms. The number of hydrogen-bond donors (Lipinski definition) is 0. The molecule has 0 aromatic heterocycles. The normalized spacial score (nSPS) is 12.1. The fourth-order valence-electron chi connectivity index (χ4n) is 2.11. The number of ether oxygens (including phenoxy) is 2. The molecule has 0 aliphatic heterocycles.